The molecular weight excluding hydrogens is 270 g/mol. The third-order valence-electron chi connectivity index (χ3n) is 4.82. The van der Waals surface area contributed by atoms with Gasteiger partial charge in [0.05, 0.1) is 5.38 Å². The van der Waals surface area contributed by atoms with Gasteiger partial charge in [-0.2, -0.15) is 0 Å². The van der Waals surface area contributed by atoms with E-state index in [0.717, 1.165) is 24.4 Å². The molecule has 1 fully saturated rings. The molecule has 1 atom stereocenters. The lowest BCUT2D eigenvalue weighted by molar-refractivity contribution is -0.118. The van der Waals surface area contributed by atoms with Crippen molar-refractivity contribution < 1.29 is 4.79 Å². The van der Waals surface area contributed by atoms with Crippen LogP contribution in [0.5, 0.6) is 0 Å². The van der Waals surface area contributed by atoms with Crippen molar-refractivity contribution in [1.82, 2.24) is 0 Å². The zero-order valence-corrected chi connectivity index (χ0v) is 12.8. The average Bonchev–Trinajstić information content (AvgIpc) is 2.95. The molecule has 1 amide bonds. The van der Waals surface area contributed by atoms with E-state index in [9.17, 15) is 4.79 Å². The Bertz CT molecular complexity index is 508. The van der Waals surface area contributed by atoms with E-state index in [1.54, 1.807) is 4.90 Å². The summed E-state index contributed by atoms with van der Waals surface area (Å²) in [4.78, 5) is 13.5. The first-order chi connectivity index (χ1) is 9.65. The molecule has 3 rings (SSSR count). The number of carbonyl (C=O) groups excluding carboxylic acids is 1. The van der Waals surface area contributed by atoms with Crippen molar-refractivity contribution in [2.45, 2.75) is 50.3 Å². The minimum absolute atomic E-state index is 0.117. The van der Waals surface area contributed by atoms with E-state index < -0.39 is 0 Å². The maximum atomic E-state index is 11.7. The molecule has 1 unspecified atom stereocenters. The molecule has 0 bridgehead atoms. The Morgan fingerprint density at radius 1 is 1.30 bits per heavy atom. The van der Waals surface area contributed by atoms with Crippen molar-refractivity contribution in [3.63, 3.8) is 0 Å². The second kappa shape index (κ2) is 5.77. The number of anilines is 1. The normalized spacial score (nSPS) is 21.1. The molecule has 0 spiro atoms. The first-order valence-corrected chi connectivity index (χ1v) is 8.12. The topological polar surface area (TPSA) is 20.3 Å². The van der Waals surface area contributed by atoms with Crippen LogP contribution < -0.4 is 4.90 Å². The predicted molar refractivity (Wildman–Crippen MR) is 83.3 cm³/mol. The number of nitrogens with zero attached hydrogens (tertiary/aromatic N) is 1. The van der Waals surface area contributed by atoms with Gasteiger partial charge in [-0.1, -0.05) is 37.8 Å². The fourth-order valence-electron chi connectivity index (χ4n) is 3.55. The third kappa shape index (κ3) is 2.71. The molecule has 1 aromatic carbocycles. The summed E-state index contributed by atoms with van der Waals surface area (Å²) in [6, 6.07) is 6.37. The second-order valence-electron chi connectivity index (χ2n) is 6.19. The van der Waals surface area contributed by atoms with Crippen LogP contribution in [0, 0.1) is 5.92 Å². The summed E-state index contributed by atoms with van der Waals surface area (Å²) in [6.45, 7) is 0. The summed E-state index contributed by atoms with van der Waals surface area (Å²) in [5, 5.41) is 0.117. The lowest BCUT2D eigenvalue weighted by Gasteiger charge is -2.27. The molecule has 0 N–H and O–H groups in total. The summed E-state index contributed by atoms with van der Waals surface area (Å²) in [5.74, 6) is 1.01. The highest BCUT2D eigenvalue weighted by Gasteiger charge is 2.23. The number of aryl methyl sites for hydroxylation is 1. The summed E-state index contributed by atoms with van der Waals surface area (Å²) < 4.78 is 0. The average molecular weight is 292 g/mol. The maximum absolute atomic E-state index is 11.7. The molecule has 1 aromatic rings. The minimum Gasteiger partial charge on any atom is -0.315 e. The van der Waals surface area contributed by atoms with E-state index in [-0.39, 0.29) is 11.3 Å². The largest absolute Gasteiger partial charge is 0.315 e. The predicted octanol–water partition coefficient (Wildman–Crippen LogP) is 4.46. The van der Waals surface area contributed by atoms with E-state index >= 15 is 0 Å². The van der Waals surface area contributed by atoms with Crippen LogP contribution in [0.3, 0.4) is 0 Å². The van der Waals surface area contributed by atoms with Crippen molar-refractivity contribution in [3.05, 3.63) is 29.3 Å². The molecule has 1 aliphatic heterocycles. The van der Waals surface area contributed by atoms with Crippen LogP contribution in [0.1, 0.15) is 55.0 Å². The molecule has 0 saturated heterocycles. The molecule has 3 heteroatoms. The molecule has 0 radical (unpaired) electrons. The van der Waals surface area contributed by atoms with E-state index in [1.165, 1.54) is 36.8 Å². The van der Waals surface area contributed by atoms with Crippen molar-refractivity contribution in [2.75, 3.05) is 11.9 Å². The Hall–Kier alpha value is -1.02. The maximum Gasteiger partial charge on any atom is 0.227 e. The molecule has 1 heterocycles. The molecule has 2 aliphatic rings. The number of hydrogen-bond donors (Lipinski definition) is 0. The van der Waals surface area contributed by atoms with Gasteiger partial charge in [-0.05, 0) is 36.0 Å². The Balaban J connectivity index is 1.76. The zero-order valence-electron chi connectivity index (χ0n) is 12.1. The Labute approximate surface area is 126 Å². The standard InChI is InChI=1S/C17H22ClNO/c1-19-16-8-6-13(11-14(16)7-9-17(19)20)15(18)10-12-4-2-3-5-12/h6,8,11-12,15H,2-5,7,9-10H2,1H3. The van der Waals surface area contributed by atoms with Crippen LogP contribution in [0.15, 0.2) is 18.2 Å². The summed E-state index contributed by atoms with van der Waals surface area (Å²) in [6.07, 6.45) is 7.96. The minimum atomic E-state index is 0.117. The van der Waals surface area contributed by atoms with Crippen molar-refractivity contribution in [3.8, 4) is 0 Å². The van der Waals surface area contributed by atoms with Crippen LogP contribution in [-0.2, 0) is 11.2 Å². The fraction of sp³-hybridized carbons (Fsp3) is 0.588. The highest BCUT2D eigenvalue weighted by molar-refractivity contribution is 6.20. The molecule has 108 valence electrons. The number of amides is 1. The van der Waals surface area contributed by atoms with Crippen molar-refractivity contribution in [1.29, 1.82) is 0 Å². The Morgan fingerprint density at radius 3 is 2.80 bits per heavy atom. The van der Waals surface area contributed by atoms with Crippen LogP contribution in [0.25, 0.3) is 0 Å². The number of halogens is 1. The number of rotatable bonds is 3. The summed E-state index contributed by atoms with van der Waals surface area (Å²) in [7, 11) is 1.86. The van der Waals surface area contributed by atoms with Crippen LogP contribution >= 0.6 is 11.6 Å². The fourth-order valence-corrected chi connectivity index (χ4v) is 3.93. The number of benzene rings is 1. The number of hydrogen-bond acceptors (Lipinski definition) is 1. The number of alkyl halides is 1. The smallest absolute Gasteiger partial charge is 0.227 e. The van der Waals surface area contributed by atoms with Gasteiger partial charge >= 0.3 is 0 Å². The number of fused-ring (bicyclic) bond motifs is 1. The van der Waals surface area contributed by atoms with E-state index in [4.69, 9.17) is 11.6 Å². The summed E-state index contributed by atoms with van der Waals surface area (Å²) in [5.41, 5.74) is 3.54. The molecular formula is C17H22ClNO. The Kier molecular flexibility index (Phi) is 4.02. The van der Waals surface area contributed by atoms with Gasteiger partial charge in [0, 0.05) is 19.2 Å². The SMILES string of the molecule is CN1C(=O)CCc2cc(C(Cl)CC3CCCC3)ccc21. The van der Waals surface area contributed by atoms with Gasteiger partial charge in [0.25, 0.3) is 0 Å². The monoisotopic (exact) mass is 291 g/mol. The third-order valence-corrected chi connectivity index (χ3v) is 5.25. The van der Waals surface area contributed by atoms with Crippen LogP contribution in [0.4, 0.5) is 5.69 Å². The van der Waals surface area contributed by atoms with Gasteiger partial charge in [0.2, 0.25) is 5.91 Å². The molecule has 0 aromatic heterocycles. The number of carbonyl (C=O) groups is 1. The highest BCUT2D eigenvalue weighted by atomic mass is 35.5. The first-order valence-electron chi connectivity index (χ1n) is 7.68. The lowest BCUT2D eigenvalue weighted by Crippen LogP contribution is -2.31. The van der Waals surface area contributed by atoms with Gasteiger partial charge in [-0.15, -0.1) is 11.6 Å². The molecule has 20 heavy (non-hydrogen) atoms. The van der Waals surface area contributed by atoms with Gasteiger partial charge in [-0.3, -0.25) is 4.79 Å². The van der Waals surface area contributed by atoms with E-state index in [0.29, 0.717) is 6.42 Å². The highest BCUT2D eigenvalue weighted by Crippen LogP contribution is 2.38. The summed E-state index contributed by atoms with van der Waals surface area (Å²) >= 11 is 6.61. The first kappa shape index (κ1) is 13.9. The van der Waals surface area contributed by atoms with E-state index in [2.05, 4.69) is 18.2 Å². The zero-order chi connectivity index (χ0) is 14.1. The Morgan fingerprint density at radius 2 is 2.05 bits per heavy atom. The van der Waals surface area contributed by atoms with E-state index in [1.807, 2.05) is 7.05 Å². The molecule has 1 saturated carbocycles. The van der Waals surface area contributed by atoms with Crippen LogP contribution in [0.2, 0.25) is 0 Å². The van der Waals surface area contributed by atoms with Crippen molar-refractivity contribution in [2.24, 2.45) is 5.92 Å². The van der Waals surface area contributed by atoms with Gasteiger partial charge in [0.1, 0.15) is 0 Å². The van der Waals surface area contributed by atoms with Crippen LogP contribution in [-0.4, -0.2) is 13.0 Å². The quantitative estimate of drug-likeness (QED) is 0.753. The lowest BCUT2D eigenvalue weighted by atomic mass is 9.94. The van der Waals surface area contributed by atoms with Gasteiger partial charge in [-0.25, -0.2) is 0 Å². The molecule has 2 nitrogen and oxygen atoms in total. The molecule has 1 aliphatic carbocycles. The van der Waals surface area contributed by atoms with Gasteiger partial charge in [0.15, 0.2) is 0 Å². The van der Waals surface area contributed by atoms with Crippen molar-refractivity contribution >= 4 is 23.2 Å². The second-order valence-corrected chi connectivity index (χ2v) is 6.72. The van der Waals surface area contributed by atoms with Gasteiger partial charge < -0.3 is 4.90 Å².